The van der Waals surface area contributed by atoms with Crippen molar-refractivity contribution in [1.82, 2.24) is 15.5 Å². The molecule has 0 radical (unpaired) electrons. The first-order chi connectivity index (χ1) is 7.31. The zero-order valence-electron chi connectivity index (χ0n) is 9.98. The van der Waals surface area contributed by atoms with Gasteiger partial charge in [-0.05, 0) is 33.8 Å². The van der Waals surface area contributed by atoms with Gasteiger partial charge in [0.2, 0.25) is 0 Å². The number of aliphatic hydroxyl groups is 1. The second-order valence-corrected chi connectivity index (χ2v) is 4.72. The Morgan fingerprint density at radius 3 is 2.62 bits per heavy atom. The maximum Gasteiger partial charge on any atom is 0.272 e. The molecule has 1 amide bonds. The van der Waals surface area contributed by atoms with E-state index >= 15 is 0 Å². The van der Waals surface area contributed by atoms with Gasteiger partial charge in [0.1, 0.15) is 0 Å². The van der Waals surface area contributed by atoms with Crippen molar-refractivity contribution in [3.63, 3.8) is 0 Å². The molecule has 5 nitrogen and oxygen atoms in total. The highest BCUT2D eigenvalue weighted by molar-refractivity contribution is 5.94. The molecule has 1 aromatic rings. The molecule has 0 aliphatic rings. The van der Waals surface area contributed by atoms with E-state index < -0.39 is 6.10 Å². The summed E-state index contributed by atoms with van der Waals surface area (Å²) in [7, 11) is 0. The van der Waals surface area contributed by atoms with Crippen molar-refractivity contribution in [2.45, 2.75) is 39.3 Å². The lowest BCUT2D eigenvalue weighted by Gasteiger charge is -2.21. The molecule has 0 bridgehead atoms. The van der Waals surface area contributed by atoms with Gasteiger partial charge in [-0.3, -0.25) is 4.79 Å². The van der Waals surface area contributed by atoms with Crippen LogP contribution in [0.2, 0.25) is 0 Å². The van der Waals surface area contributed by atoms with Gasteiger partial charge in [-0.1, -0.05) is 0 Å². The molecule has 1 aromatic heterocycles. The summed E-state index contributed by atoms with van der Waals surface area (Å²) in [6.07, 6.45) is 0.715. The van der Waals surface area contributed by atoms with Crippen LogP contribution in [-0.4, -0.2) is 26.7 Å². The molecule has 0 aliphatic heterocycles. The number of hydrogen-bond acceptors (Lipinski definition) is 4. The fourth-order valence-corrected chi connectivity index (χ4v) is 1.25. The fourth-order valence-electron chi connectivity index (χ4n) is 1.25. The Labute approximate surface area is 94.9 Å². The van der Waals surface area contributed by atoms with Crippen molar-refractivity contribution in [2.75, 3.05) is 0 Å². The summed E-state index contributed by atoms with van der Waals surface area (Å²) in [5.41, 5.74) is 0.314. The maximum absolute atomic E-state index is 11.9. The molecule has 1 unspecified atom stereocenters. The molecule has 88 valence electrons. The second kappa shape index (κ2) is 4.57. The highest BCUT2D eigenvalue weighted by Crippen LogP contribution is 2.15. The number of hydrogen-bond donors (Lipinski definition) is 2. The molecule has 0 fully saturated rings. The molecule has 0 spiro atoms. The Morgan fingerprint density at radius 2 is 2.12 bits per heavy atom. The first-order valence-corrected chi connectivity index (χ1v) is 5.13. The first kappa shape index (κ1) is 12.6. The van der Waals surface area contributed by atoms with E-state index in [-0.39, 0.29) is 17.1 Å². The van der Waals surface area contributed by atoms with Gasteiger partial charge < -0.3 is 10.4 Å². The Hall–Kier alpha value is -1.49. The van der Waals surface area contributed by atoms with Crippen molar-refractivity contribution in [1.29, 1.82) is 0 Å². The average molecular weight is 223 g/mol. The van der Waals surface area contributed by atoms with E-state index in [0.29, 0.717) is 5.56 Å². The highest BCUT2D eigenvalue weighted by Gasteiger charge is 2.21. The van der Waals surface area contributed by atoms with Crippen molar-refractivity contribution in [2.24, 2.45) is 0 Å². The Kier molecular flexibility index (Phi) is 3.59. The third-order valence-electron chi connectivity index (χ3n) is 1.91. The first-order valence-electron chi connectivity index (χ1n) is 5.13. The van der Waals surface area contributed by atoms with Crippen molar-refractivity contribution in [3.05, 3.63) is 23.5 Å². The van der Waals surface area contributed by atoms with E-state index in [9.17, 15) is 9.90 Å². The number of amides is 1. The van der Waals surface area contributed by atoms with Gasteiger partial charge in [-0.15, -0.1) is 5.10 Å². The van der Waals surface area contributed by atoms with Crippen molar-refractivity contribution < 1.29 is 9.90 Å². The number of aliphatic hydroxyl groups excluding tert-OH is 1. The van der Waals surface area contributed by atoms with E-state index in [1.165, 1.54) is 6.20 Å². The second-order valence-electron chi connectivity index (χ2n) is 4.72. The fraction of sp³-hybridized carbons (Fsp3) is 0.545. The molecule has 0 saturated heterocycles. The molecule has 0 aromatic carbocycles. The lowest BCUT2D eigenvalue weighted by molar-refractivity contribution is 0.0906. The lowest BCUT2D eigenvalue weighted by atomic mass is 10.1. The Bertz CT molecular complexity index is 383. The summed E-state index contributed by atoms with van der Waals surface area (Å²) in [5, 5.41) is 19.7. The predicted molar refractivity (Wildman–Crippen MR) is 59.9 cm³/mol. The van der Waals surface area contributed by atoms with E-state index in [1.54, 1.807) is 13.0 Å². The smallest absolute Gasteiger partial charge is 0.272 e. The number of carbonyl (C=O) groups is 1. The van der Waals surface area contributed by atoms with Crippen molar-refractivity contribution in [3.8, 4) is 0 Å². The SMILES string of the molecule is CC(O)c1ccnnc1C(=O)NC(C)(C)C. The van der Waals surface area contributed by atoms with Gasteiger partial charge in [-0.2, -0.15) is 5.10 Å². The Balaban J connectivity index is 3.00. The third-order valence-corrected chi connectivity index (χ3v) is 1.91. The summed E-state index contributed by atoms with van der Waals surface area (Å²) in [5.74, 6) is -0.323. The highest BCUT2D eigenvalue weighted by atomic mass is 16.3. The molecule has 5 heteroatoms. The summed E-state index contributed by atoms with van der Waals surface area (Å²) in [4.78, 5) is 11.9. The molecule has 1 rings (SSSR count). The van der Waals surface area contributed by atoms with Gasteiger partial charge in [0.25, 0.3) is 5.91 Å². The maximum atomic E-state index is 11.9. The van der Waals surface area contributed by atoms with Gasteiger partial charge in [0, 0.05) is 17.3 Å². The molecular weight excluding hydrogens is 206 g/mol. The van der Waals surface area contributed by atoms with Crippen LogP contribution in [0.4, 0.5) is 0 Å². The van der Waals surface area contributed by atoms with E-state index in [1.807, 2.05) is 20.8 Å². The van der Waals surface area contributed by atoms with Gasteiger partial charge in [0.05, 0.1) is 6.10 Å². The number of aromatic nitrogens is 2. The minimum atomic E-state index is -0.740. The molecule has 1 atom stereocenters. The van der Waals surface area contributed by atoms with Crippen LogP contribution in [0.25, 0.3) is 0 Å². The van der Waals surface area contributed by atoms with Gasteiger partial charge in [-0.25, -0.2) is 0 Å². The summed E-state index contributed by atoms with van der Waals surface area (Å²) >= 11 is 0. The minimum Gasteiger partial charge on any atom is -0.389 e. The number of rotatable bonds is 2. The van der Waals surface area contributed by atoms with E-state index in [4.69, 9.17) is 0 Å². The summed E-state index contributed by atoms with van der Waals surface area (Å²) in [6.45, 7) is 7.22. The standard InChI is InChI=1S/C11H17N3O2/c1-7(15)8-5-6-12-14-9(8)10(16)13-11(2,3)4/h5-7,15H,1-4H3,(H,13,16). The van der Waals surface area contributed by atoms with Crippen LogP contribution in [0.5, 0.6) is 0 Å². The van der Waals surface area contributed by atoms with Gasteiger partial charge in [0.15, 0.2) is 5.69 Å². The van der Waals surface area contributed by atoms with E-state index in [2.05, 4.69) is 15.5 Å². The van der Waals surface area contributed by atoms with E-state index in [0.717, 1.165) is 0 Å². The topological polar surface area (TPSA) is 75.1 Å². The van der Waals surface area contributed by atoms with Crippen LogP contribution in [0.1, 0.15) is 49.9 Å². The Morgan fingerprint density at radius 1 is 1.50 bits per heavy atom. The molecule has 2 N–H and O–H groups in total. The average Bonchev–Trinajstić information content (AvgIpc) is 2.15. The monoisotopic (exact) mass is 223 g/mol. The van der Waals surface area contributed by atoms with Crippen LogP contribution in [0.3, 0.4) is 0 Å². The van der Waals surface area contributed by atoms with Gasteiger partial charge >= 0.3 is 0 Å². The largest absolute Gasteiger partial charge is 0.389 e. The third kappa shape index (κ3) is 3.27. The van der Waals surface area contributed by atoms with Crippen LogP contribution in [-0.2, 0) is 0 Å². The lowest BCUT2D eigenvalue weighted by Crippen LogP contribution is -2.41. The molecule has 1 heterocycles. The van der Waals surface area contributed by atoms with Crippen LogP contribution in [0, 0.1) is 0 Å². The molecule has 16 heavy (non-hydrogen) atoms. The van der Waals surface area contributed by atoms with Crippen molar-refractivity contribution >= 4 is 5.91 Å². The van der Waals surface area contributed by atoms with Crippen LogP contribution in [0.15, 0.2) is 12.3 Å². The van der Waals surface area contributed by atoms with Crippen LogP contribution >= 0.6 is 0 Å². The quantitative estimate of drug-likeness (QED) is 0.786. The normalized spacial score (nSPS) is 13.3. The number of nitrogens with one attached hydrogen (secondary N) is 1. The zero-order valence-corrected chi connectivity index (χ0v) is 9.98. The number of carbonyl (C=O) groups excluding carboxylic acids is 1. The summed E-state index contributed by atoms with van der Waals surface area (Å²) < 4.78 is 0. The minimum absolute atomic E-state index is 0.174. The molecule has 0 saturated carbocycles. The summed E-state index contributed by atoms with van der Waals surface area (Å²) in [6, 6.07) is 1.59. The molecular formula is C11H17N3O2. The number of nitrogens with zero attached hydrogens (tertiary/aromatic N) is 2. The zero-order chi connectivity index (χ0) is 12.3. The molecule has 0 aliphatic carbocycles. The van der Waals surface area contributed by atoms with Crippen LogP contribution < -0.4 is 5.32 Å². The predicted octanol–water partition coefficient (Wildman–Crippen LogP) is 1.06.